The van der Waals surface area contributed by atoms with Crippen molar-refractivity contribution >= 4 is 0 Å². The fourth-order valence-electron chi connectivity index (χ4n) is 3.54. The Bertz CT molecular complexity index is 226. The van der Waals surface area contributed by atoms with Crippen LogP contribution in [0.15, 0.2) is 0 Å². The minimum absolute atomic E-state index is 0.169. The van der Waals surface area contributed by atoms with Crippen molar-refractivity contribution in [2.24, 2.45) is 11.3 Å². The van der Waals surface area contributed by atoms with Gasteiger partial charge < -0.3 is 14.7 Å². The number of aliphatic hydroxyl groups is 1. The summed E-state index contributed by atoms with van der Waals surface area (Å²) in [6.45, 7) is 7.68. The van der Waals surface area contributed by atoms with Gasteiger partial charge in [0.1, 0.15) is 0 Å². The van der Waals surface area contributed by atoms with Crippen LogP contribution in [0, 0.1) is 11.3 Å². The number of aliphatic hydroxyl groups excluding tert-OH is 1. The Labute approximate surface area is 105 Å². The van der Waals surface area contributed by atoms with Gasteiger partial charge in [-0.15, -0.1) is 0 Å². The van der Waals surface area contributed by atoms with Crippen molar-refractivity contribution in [3.8, 4) is 0 Å². The van der Waals surface area contributed by atoms with E-state index in [1.54, 1.807) is 0 Å². The molecule has 2 rings (SSSR count). The second kappa shape index (κ2) is 6.17. The summed E-state index contributed by atoms with van der Waals surface area (Å²) < 4.78 is 5.50. The smallest absolute Gasteiger partial charge is 0.0593 e. The molecule has 100 valence electrons. The monoisotopic (exact) mass is 241 g/mol. The zero-order valence-electron chi connectivity index (χ0n) is 11.2. The van der Waals surface area contributed by atoms with Gasteiger partial charge in [0.2, 0.25) is 0 Å². The molecule has 1 saturated carbocycles. The van der Waals surface area contributed by atoms with Crippen molar-refractivity contribution in [1.29, 1.82) is 0 Å². The van der Waals surface area contributed by atoms with E-state index < -0.39 is 0 Å². The van der Waals surface area contributed by atoms with E-state index in [4.69, 9.17) is 4.74 Å². The molecule has 2 unspecified atom stereocenters. The first-order valence-corrected chi connectivity index (χ1v) is 7.15. The summed E-state index contributed by atoms with van der Waals surface area (Å²) in [6, 6.07) is 0. The highest BCUT2D eigenvalue weighted by atomic mass is 16.5. The molecule has 17 heavy (non-hydrogen) atoms. The summed E-state index contributed by atoms with van der Waals surface area (Å²) >= 11 is 0. The third-order valence-electron chi connectivity index (χ3n) is 4.39. The largest absolute Gasteiger partial charge is 0.396 e. The number of hydrogen-bond acceptors (Lipinski definition) is 3. The van der Waals surface area contributed by atoms with E-state index in [1.807, 2.05) is 0 Å². The molecule has 3 heteroatoms. The molecule has 0 aromatic rings. The van der Waals surface area contributed by atoms with Gasteiger partial charge in [-0.2, -0.15) is 0 Å². The van der Waals surface area contributed by atoms with Crippen molar-refractivity contribution in [3.63, 3.8) is 0 Å². The van der Waals surface area contributed by atoms with Crippen LogP contribution in [0.25, 0.3) is 0 Å². The van der Waals surface area contributed by atoms with Crippen LogP contribution in [0.1, 0.15) is 39.0 Å². The first kappa shape index (κ1) is 13.3. The minimum atomic E-state index is 0.169. The fraction of sp³-hybridized carbons (Fsp3) is 1.00. The lowest BCUT2D eigenvalue weighted by Crippen LogP contribution is -2.44. The van der Waals surface area contributed by atoms with Gasteiger partial charge in [0.25, 0.3) is 0 Å². The maximum Gasteiger partial charge on any atom is 0.0593 e. The molecule has 0 aromatic carbocycles. The molecule has 0 amide bonds. The fourth-order valence-corrected chi connectivity index (χ4v) is 3.54. The Balaban J connectivity index is 1.92. The summed E-state index contributed by atoms with van der Waals surface area (Å²) in [5.41, 5.74) is 0.169. The highest BCUT2D eigenvalue weighted by Gasteiger charge is 2.36. The van der Waals surface area contributed by atoms with Gasteiger partial charge in [0, 0.05) is 38.3 Å². The molecule has 1 N–H and O–H groups in total. The zero-order chi connectivity index (χ0) is 12.1. The van der Waals surface area contributed by atoms with E-state index in [-0.39, 0.29) is 5.41 Å². The zero-order valence-corrected chi connectivity index (χ0v) is 11.2. The molecule has 3 nitrogen and oxygen atoms in total. The molecule has 0 bridgehead atoms. The average Bonchev–Trinajstić information content (AvgIpc) is 2.57. The second-order valence-electron chi connectivity index (χ2n) is 6.10. The maximum absolute atomic E-state index is 9.80. The summed E-state index contributed by atoms with van der Waals surface area (Å²) in [4.78, 5) is 2.50. The van der Waals surface area contributed by atoms with Crippen LogP contribution < -0.4 is 0 Å². The normalized spacial score (nSPS) is 36.7. The Morgan fingerprint density at radius 3 is 2.94 bits per heavy atom. The maximum atomic E-state index is 9.80. The van der Waals surface area contributed by atoms with Gasteiger partial charge in [-0.25, -0.2) is 0 Å². The molecule has 0 spiro atoms. The lowest BCUT2D eigenvalue weighted by molar-refractivity contribution is 0.0230. The van der Waals surface area contributed by atoms with Crippen molar-refractivity contribution in [3.05, 3.63) is 0 Å². The van der Waals surface area contributed by atoms with Gasteiger partial charge in [0.05, 0.1) is 6.61 Å². The van der Waals surface area contributed by atoms with Gasteiger partial charge in [-0.3, -0.25) is 0 Å². The Kier molecular flexibility index (Phi) is 4.83. The number of hydrogen-bond donors (Lipinski definition) is 1. The standard InChI is InChI=1S/C14H27NO2/c1-13-4-2-5-14(10-13,12-16)11-15-6-3-8-17-9-7-15/h13,16H,2-12H2,1H3. The average molecular weight is 241 g/mol. The number of nitrogens with zero attached hydrogens (tertiary/aromatic N) is 1. The van der Waals surface area contributed by atoms with E-state index in [0.29, 0.717) is 6.61 Å². The van der Waals surface area contributed by atoms with Gasteiger partial charge in [0.15, 0.2) is 0 Å². The first-order chi connectivity index (χ1) is 8.24. The quantitative estimate of drug-likeness (QED) is 0.819. The molecule has 0 radical (unpaired) electrons. The van der Waals surface area contributed by atoms with Crippen molar-refractivity contribution in [2.45, 2.75) is 39.0 Å². The highest BCUT2D eigenvalue weighted by molar-refractivity contribution is 4.88. The summed E-state index contributed by atoms with van der Waals surface area (Å²) in [6.07, 6.45) is 6.15. The lowest BCUT2D eigenvalue weighted by atomic mass is 9.70. The predicted molar refractivity (Wildman–Crippen MR) is 69.0 cm³/mol. The van der Waals surface area contributed by atoms with Crippen molar-refractivity contribution < 1.29 is 9.84 Å². The van der Waals surface area contributed by atoms with Crippen molar-refractivity contribution in [2.75, 3.05) is 39.5 Å². The van der Waals surface area contributed by atoms with Gasteiger partial charge in [-0.1, -0.05) is 19.8 Å². The summed E-state index contributed by atoms with van der Waals surface area (Å²) in [5.74, 6) is 0.777. The van der Waals surface area contributed by atoms with Crippen LogP contribution in [-0.2, 0) is 4.74 Å². The number of ether oxygens (including phenoxy) is 1. The van der Waals surface area contributed by atoms with Gasteiger partial charge in [-0.05, 0) is 25.2 Å². The highest BCUT2D eigenvalue weighted by Crippen LogP contribution is 2.39. The third kappa shape index (κ3) is 3.67. The molecule has 0 aromatic heterocycles. The van der Waals surface area contributed by atoms with E-state index >= 15 is 0 Å². The van der Waals surface area contributed by atoms with E-state index in [1.165, 1.54) is 25.7 Å². The van der Waals surface area contributed by atoms with Crippen LogP contribution in [0.4, 0.5) is 0 Å². The molecule has 1 saturated heterocycles. The molecule has 1 heterocycles. The lowest BCUT2D eigenvalue weighted by Gasteiger charge is -2.42. The van der Waals surface area contributed by atoms with Crippen LogP contribution in [-0.4, -0.2) is 49.5 Å². The van der Waals surface area contributed by atoms with E-state index in [0.717, 1.165) is 45.2 Å². The minimum Gasteiger partial charge on any atom is -0.396 e. The predicted octanol–water partition coefficient (Wildman–Crippen LogP) is 1.90. The van der Waals surface area contributed by atoms with Crippen LogP contribution >= 0.6 is 0 Å². The first-order valence-electron chi connectivity index (χ1n) is 7.15. The van der Waals surface area contributed by atoms with E-state index in [9.17, 15) is 5.11 Å². The Morgan fingerprint density at radius 1 is 1.29 bits per heavy atom. The van der Waals surface area contributed by atoms with Crippen LogP contribution in [0.5, 0.6) is 0 Å². The summed E-state index contributed by atoms with van der Waals surface area (Å²) in [7, 11) is 0. The summed E-state index contributed by atoms with van der Waals surface area (Å²) in [5, 5.41) is 9.80. The second-order valence-corrected chi connectivity index (χ2v) is 6.10. The molecule has 2 atom stereocenters. The molecule has 1 aliphatic carbocycles. The molecule has 1 aliphatic heterocycles. The molecule has 2 aliphatic rings. The Morgan fingerprint density at radius 2 is 2.18 bits per heavy atom. The third-order valence-corrected chi connectivity index (χ3v) is 4.39. The Hall–Kier alpha value is -0.120. The SMILES string of the molecule is CC1CCCC(CO)(CN2CCCOCC2)C1. The van der Waals surface area contributed by atoms with E-state index in [2.05, 4.69) is 11.8 Å². The van der Waals surface area contributed by atoms with Crippen molar-refractivity contribution in [1.82, 2.24) is 4.90 Å². The molecular weight excluding hydrogens is 214 g/mol. The number of rotatable bonds is 3. The van der Waals surface area contributed by atoms with Crippen LogP contribution in [0.3, 0.4) is 0 Å². The van der Waals surface area contributed by atoms with Gasteiger partial charge >= 0.3 is 0 Å². The van der Waals surface area contributed by atoms with Crippen LogP contribution in [0.2, 0.25) is 0 Å². The topological polar surface area (TPSA) is 32.7 Å². The molecular formula is C14H27NO2. The molecule has 2 fully saturated rings.